The number of ether oxygens (including phenoxy) is 2. The van der Waals surface area contributed by atoms with E-state index in [1.165, 1.54) is 0 Å². The van der Waals surface area contributed by atoms with Gasteiger partial charge >= 0.3 is 0 Å². The zero-order valence-electron chi connectivity index (χ0n) is 11.6. The summed E-state index contributed by atoms with van der Waals surface area (Å²) in [6.07, 6.45) is 0. The summed E-state index contributed by atoms with van der Waals surface area (Å²) < 4.78 is 10.9. The molecule has 0 aliphatic carbocycles. The lowest BCUT2D eigenvalue weighted by Gasteiger charge is -2.25. The third-order valence-electron chi connectivity index (χ3n) is 3.22. The van der Waals surface area contributed by atoms with E-state index in [0.29, 0.717) is 23.2 Å². The molecule has 1 saturated heterocycles. The molecule has 1 N–H and O–H groups in total. The van der Waals surface area contributed by atoms with Gasteiger partial charge in [-0.2, -0.15) is 5.10 Å². The summed E-state index contributed by atoms with van der Waals surface area (Å²) in [5.41, 5.74) is 0. The number of aromatic nitrogens is 3. The van der Waals surface area contributed by atoms with E-state index in [4.69, 9.17) is 21.1 Å². The minimum absolute atomic E-state index is 0.344. The fraction of sp³-hybridized carbons (Fsp3) is 0.429. The number of rotatable bonds is 5. The molecular weight excluding hydrogens is 292 g/mol. The standard InChI is InChI=1S/C14H17ClN4O2/c15-11-2-1-3-12(8-11)21-10-14-16-13(17-18-14)9-19-4-6-20-7-5-19/h1-3,8H,4-7,9-10H2,(H,16,17,18). The van der Waals surface area contributed by atoms with Crippen LogP contribution in [0.25, 0.3) is 0 Å². The van der Waals surface area contributed by atoms with Crippen LogP contribution in [0.5, 0.6) is 5.75 Å². The van der Waals surface area contributed by atoms with Gasteiger partial charge in [-0.1, -0.05) is 17.7 Å². The first-order valence-corrected chi connectivity index (χ1v) is 7.26. The zero-order chi connectivity index (χ0) is 14.5. The van der Waals surface area contributed by atoms with Crippen LogP contribution >= 0.6 is 11.6 Å². The number of aromatic amines is 1. The minimum Gasteiger partial charge on any atom is -0.486 e. The highest BCUT2D eigenvalue weighted by molar-refractivity contribution is 6.30. The summed E-state index contributed by atoms with van der Waals surface area (Å²) in [6, 6.07) is 7.29. The molecule has 0 saturated carbocycles. The zero-order valence-corrected chi connectivity index (χ0v) is 12.3. The van der Waals surface area contributed by atoms with Crippen molar-refractivity contribution >= 4 is 11.6 Å². The number of hydrogen-bond donors (Lipinski definition) is 1. The Morgan fingerprint density at radius 1 is 1.33 bits per heavy atom. The van der Waals surface area contributed by atoms with Crippen LogP contribution in [0.1, 0.15) is 11.6 Å². The van der Waals surface area contributed by atoms with E-state index in [9.17, 15) is 0 Å². The maximum atomic E-state index is 5.91. The van der Waals surface area contributed by atoms with Crippen molar-refractivity contribution in [3.63, 3.8) is 0 Å². The van der Waals surface area contributed by atoms with Gasteiger partial charge in [0.2, 0.25) is 0 Å². The maximum Gasteiger partial charge on any atom is 0.164 e. The van der Waals surface area contributed by atoms with Crippen molar-refractivity contribution in [3.8, 4) is 5.75 Å². The Labute approximate surface area is 128 Å². The van der Waals surface area contributed by atoms with Gasteiger partial charge in [-0.05, 0) is 18.2 Å². The first-order chi connectivity index (χ1) is 10.3. The first kappa shape index (κ1) is 14.3. The van der Waals surface area contributed by atoms with Gasteiger partial charge in [0, 0.05) is 18.1 Å². The summed E-state index contributed by atoms with van der Waals surface area (Å²) >= 11 is 5.91. The van der Waals surface area contributed by atoms with Crippen molar-refractivity contribution in [2.24, 2.45) is 0 Å². The van der Waals surface area contributed by atoms with E-state index in [1.807, 2.05) is 18.2 Å². The summed E-state index contributed by atoms with van der Waals surface area (Å²) in [6.45, 7) is 4.46. The van der Waals surface area contributed by atoms with Crippen LogP contribution in [0.3, 0.4) is 0 Å². The molecule has 1 aliphatic rings. The molecule has 0 radical (unpaired) electrons. The quantitative estimate of drug-likeness (QED) is 0.913. The van der Waals surface area contributed by atoms with Crippen LogP contribution in [0.4, 0.5) is 0 Å². The third-order valence-corrected chi connectivity index (χ3v) is 3.45. The Morgan fingerprint density at radius 2 is 2.19 bits per heavy atom. The summed E-state index contributed by atoms with van der Waals surface area (Å²) in [4.78, 5) is 6.71. The van der Waals surface area contributed by atoms with Crippen LogP contribution in [0.2, 0.25) is 5.02 Å². The molecule has 1 aromatic carbocycles. The van der Waals surface area contributed by atoms with Crippen molar-refractivity contribution < 1.29 is 9.47 Å². The summed E-state index contributed by atoms with van der Waals surface area (Å²) in [5, 5.41) is 7.77. The monoisotopic (exact) mass is 308 g/mol. The second-order valence-electron chi connectivity index (χ2n) is 4.83. The van der Waals surface area contributed by atoms with Gasteiger partial charge in [-0.15, -0.1) is 0 Å². The van der Waals surface area contributed by atoms with E-state index in [2.05, 4.69) is 20.1 Å². The van der Waals surface area contributed by atoms with Gasteiger partial charge in [0.05, 0.1) is 19.8 Å². The molecule has 112 valence electrons. The number of benzene rings is 1. The van der Waals surface area contributed by atoms with Gasteiger partial charge in [-0.3, -0.25) is 10.00 Å². The Hall–Kier alpha value is -1.63. The molecule has 2 aromatic rings. The number of halogens is 1. The molecule has 21 heavy (non-hydrogen) atoms. The van der Waals surface area contributed by atoms with Crippen molar-refractivity contribution in [1.82, 2.24) is 20.1 Å². The molecule has 1 aromatic heterocycles. The number of nitrogens with one attached hydrogen (secondary N) is 1. The Balaban J connectivity index is 1.52. The summed E-state index contributed by atoms with van der Waals surface area (Å²) in [5.74, 6) is 2.20. The smallest absolute Gasteiger partial charge is 0.164 e. The topological polar surface area (TPSA) is 63.3 Å². The van der Waals surface area contributed by atoms with Gasteiger partial charge < -0.3 is 9.47 Å². The highest BCUT2D eigenvalue weighted by Crippen LogP contribution is 2.17. The molecule has 6 nitrogen and oxygen atoms in total. The lowest BCUT2D eigenvalue weighted by atomic mass is 10.3. The molecule has 1 fully saturated rings. The maximum absolute atomic E-state index is 5.91. The number of hydrogen-bond acceptors (Lipinski definition) is 5. The highest BCUT2D eigenvalue weighted by Gasteiger charge is 2.13. The second kappa shape index (κ2) is 6.89. The van der Waals surface area contributed by atoms with E-state index < -0.39 is 0 Å². The van der Waals surface area contributed by atoms with Crippen LogP contribution < -0.4 is 4.74 Å². The lowest BCUT2D eigenvalue weighted by molar-refractivity contribution is 0.0331. The van der Waals surface area contributed by atoms with E-state index in [-0.39, 0.29) is 0 Å². The largest absolute Gasteiger partial charge is 0.486 e. The molecule has 0 atom stereocenters. The van der Waals surface area contributed by atoms with Crippen molar-refractivity contribution in [1.29, 1.82) is 0 Å². The molecule has 0 amide bonds. The SMILES string of the molecule is Clc1cccc(OCc2nc(CN3CCOCC3)n[nH]2)c1. The van der Waals surface area contributed by atoms with Crippen LogP contribution in [0, 0.1) is 0 Å². The van der Waals surface area contributed by atoms with Crippen molar-refractivity contribution in [2.45, 2.75) is 13.2 Å². The molecule has 0 spiro atoms. The predicted octanol–water partition coefficient (Wildman–Crippen LogP) is 1.87. The fourth-order valence-corrected chi connectivity index (χ4v) is 2.32. The lowest BCUT2D eigenvalue weighted by Crippen LogP contribution is -2.35. The molecule has 2 heterocycles. The summed E-state index contributed by atoms with van der Waals surface area (Å²) in [7, 11) is 0. The Morgan fingerprint density at radius 3 is 3.00 bits per heavy atom. The second-order valence-corrected chi connectivity index (χ2v) is 5.27. The first-order valence-electron chi connectivity index (χ1n) is 6.88. The third kappa shape index (κ3) is 4.17. The van der Waals surface area contributed by atoms with Gasteiger partial charge in [0.25, 0.3) is 0 Å². The van der Waals surface area contributed by atoms with E-state index in [1.54, 1.807) is 6.07 Å². The number of morpholine rings is 1. The number of H-pyrrole nitrogens is 1. The molecule has 7 heteroatoms. The van der Waals surface area contributed by atoms with Crippen LogP contribution in [0.15, 0.2) is 24.3 Å². The van der Waals surface area contributed by atoms with E-state index in [0.717, 1.165) is 38.7 Å². The molecule has 0 unspecified atom stereocenters. The average Bonchev–Trinajstić information content (AvgIpc) is 2.94. The number of nitrogens with zero attached hydrogens (tertiary/aromatic N) is 3. The fourth-order valence-electron chi connectivity index (χ4n) is 2.14. The van der Waals surface area contributed by atoms with Crippen molar-refractivity contribution in [2.75, 3.05) is 26.3 Å². The predicted molar refractivity (Wildman–Crippen MR) is 78.3 cm³/mol. The van der Waals surface area contributed by atoms with Crippen LogP contribution in [-0.4, -0.2) is 46.4 Å². The molecule has 1 aliphatic heterocycles. The van der Waals surface area contributed by atoms with Gasteiger partial charge in [0.15, 0.2) is 11.6 Å². The Bertz CT molecular complexity index is 584. The van der Waals surface area contributed by atoms with E-state index >= 15 is 0 Å². The molecule has 0 bridgehead atoms. The minimum atomic E-state index is 0.344. The van der Waals surface area contributed by atoms with Crippen molar-refractivity contribution in [3.05, 3.63) is 40.9 Å². The average molecular weight is 309 g/mol. The van der Waals surface area contributed by atoms with Gasteiger partial charge in [-0.25, -0.2) is 4.98 Å². The van der Waals surface area contributed by atoms with Gasteiger partial charge in [0.1, 0.15) is 12.4 Å². The normalized spacial score (nSPS) is 16.0. The highest BCUT2D eigenvalue weighted by atomic mass is 35.5. The molecule has 3 rings (SSSR count). The molecular formula is C14H17ClN4O2. The van der Waals surface area contributed by atoms with Crippen LogP contribution in [-0.2, 0) is 17.9 Å². The Kier molecular flexibility index (Phi) is 4.69.